The molecule has 0 amide bonds. The first-order valence-corrected chi connectivity index (χ1v) is 14.1. The molecule has 0 saturated heterocycles. The van der Waals surface area contributed by atoms with Crippen LogP contribution in [0.5, 0.6) is 0 Å². The van der Waals surface area contributed by atoms with E-state index in [1.807, 2.05) is 0 Å². The van der Waals surface area contributed by atoms with Crippen molar-refractivity contribution in [2.45, 2.75) is 90.6 Å². The fraction of sp³-hybridized carbons (Fsp3) is 1.00. The second-order valence-electron chi connectivity index (χ2n) is 7.50. The van der Waals surface area contributed by atoms with Gasteiger partial charge in [0.1, 0.15) is 0 Å². The summed E-state index contributed by atoms with van der Waals surface area (Å²) < 4.78 is 27.8. The molecule has 0 unspecified atom stereocenters. The molecule has 0 aromatic heterocycles. The third-order valence-corrected chi connectivity index (χ3v) is 7.89. The fourth-order valence-electron chi connectivity index (χ4n) is 3.29. The predicted molar refractivity (Wildman–Crippen MR) is 119 cm³/mol. The van der Waals surface area contributed by atoms with Crippen LogP contribution in [0.25, 0.3) is 0 Å². The van der Waals surface area contributed by atoms with E-state index in [0.29, 0.717) is 13.2 Å². The van der Waals surface area contributed by atoms with Gasteiger partial charge in [0, 0.05) is 40.1 Å². The highest BCUT2D eigenvalue weighted by Gasteiger charge is 2.29. The lowest BCUT2D eigenvalue weighted by atomic mass is 10.1. The molecule has 0 heterocycles. The Morgan fingerprint density at radius 2 is 1.00 bits per heavy atom. The largest absolute Gasteiger partial charge is 0.395 e. The lowest BCUT2D eigenvalue weighted by Gasteiger charge is -2.25. The van der Waals surface area contributed by atoms with Gasteiger partial charge in [0.15, 0.2) is 0 Å². The highest BCUT2D eigenvalue weighted by Crippen LogP contribution is 2.19. The first-order chi connectivity index (χ1) is 13.7. The second kappa shape index (κ2) is 21.7. The van der Waals surface area contributed by atoms with Crippen LogP contribution in [0.3, 0.4) is 0 Å². The minimum Gasteiger partial charge on any atom is -0.395 e. The molecule has 170 valence electrons. The van der Waals surface area contributed by atoms with Gasteiger partial charge in [0.05, 0.1) is 13.2 Å². The van der Waals surface area contributed by atoms with Crippen LogP contribution in [-0.2, 0) is 23.1 Å². The molecule has 0 aliphatic carbocycles. The molecular formula is C22H48O5Si. The average Bonchev–Trinajstić information content (AvgIpc) is 2.67. The molecule has 0 spiro atoms. The third-order valence-electron chi connectivity index (χ3n) is 4.83. The summed E-state index contributed by atoms with van der Waals surface area (Å²) in [7, 11) is -0.192. The van der Waals surface area contributed by atoms with E-state index in [1.165, 1.54) is 57.8 Å². The topological polar surface area (TPSA) is 46.2 Å². The maximum Gasteiger partial charge on any atom is 0.334 e. The Kier molecular flexibility index (Phi) is 21.7. The van der Waals surface area contributed by atoms with E-state index < -0.39 is 8.56 Å². The highest BCUT2D eigenvalue weighted by molar-refractivity contribution is 6.66. The molecule has 0 aromatic rings. The molecule has 28 heavy (non-hydrogen) atoms. The molecule has 0 saturated carbocycles. The van der Waals surface area contributed by atoms with Gasteiger partial charge in [-0.2, -0.15) is 0 Å². The van der Waals surface area contributed by atoms with Gasteiger partial charge in [-0.25, -0.2) is 0 Å². The lowest BCUT2D eigenvalue weighted by Crippen LogP contribution is -2.38. The van der Waals surface area contributed by atoms with Crippen LogP contribution in [0.4, 0.5) is 0 Å². The van der Waals surface area contributed by atoms with Crippen LogP contribution >= 0.6 is 0 Å². The minimum atomic E-state index is -1.88. The molecule has 0 radical (unpaired) electrons. The zero-order valence-corrected chi connectivity index (χ0v) is 20.3. The Balaban J connectivity index is 3.23. The van der Waals surface area contributed by atoms with Gasteiger partial charge in [-0.05, 0) is 39.3 Å². The maximum atomic E-state index is 5.90. The van der Waals surface area contributed by atoms with E-state index in [-0.39, 0.29) is 0 Å². The molecule has 5 nitrogen and oxygen atoms in total. The summed E-state index contributed by atoms with van der Waals surface area (Å²) in [5.41, 5.74) is 0. The zero-order chi connectivity index (χ0) is 20.8. The van der Waals surface area contributed by atoms with Crippen molar-refractivity contribution in [2.75, 3.05) is 53.4 Å². The maximum absolute atomic E-state index is 5.90. The summed E-state index contributed by atoms with van der Waals surface area (Å²) >= 11 is 0. The Morgan fingerprint density at radius 1 is 0.536 bits per heavy atom. The smallest absolute Gasteiger partial charge is 0.334 e. The van der Waals surface area contributed by atoms with Crippen LogP contribution in [0, 0.1) is 0 Å². The van der Waals surface area contributed by atoms with Gasteiger partial charge in [-0.3, -0.25) is 0 Å². The summed E-state index contributed by atoms with van der Waals surface area (Å²) in [6, 6.07) is 1.13. The summed E-state index contributed by atoms with van der Waals surface area (Å²) in [5.74, 6) is 0. The SMILES string of the molecule is CCO[Si](C)(CCCCCCCCCCCOCCCOCCOC)OCC. The Labute approximate surface area is 176 Å². The van der Waals surface area contributed by atoms with Crippen molar-refractivity contribution >= 4 is 8.56 Å². The van der Waals surface area contributed by atoms with E-state index >= 15 is 0 Å². The molecule has 0 N–H and O–H groups in total. The molecule has 0 atom stereocenters. The predicted octanol–water partition coefficient (Wildman–Crippen LogP) is 5.71. The van der Waals surface area contributed by atoms with Crippen molar-refractivity contribution in [3.8, 4) is 0 Å². The van der Waals surface area contributed by atoms with Crippen molar-refractivity contribution < 1.29 is 23.1 Å². The van der Waals surface area contributed by atoms with Crippen molar-refractivity contribution in [3.63, 3.8) is 0 Å². The van der Waals surface area contributed by atoms with E-state index in [4.69, 9.17) is 23.1 Å². The van der Waals surface area contributed by atoms with E-state index in [0.717, 1.165) is 45.5 Å². The van der Waals surface area contributed by atoms with Gasteiger partial charge in [-0.15, -0.1) is 0 Å². The molecule has 0 aromatic carbocycles. The number of hydrogen-bond donors (Lipinski definition) is 0. The Hall–Kier alpha value is 0.0169. The van der Waals surface area contributed by atoms with Crippen LogP contribution in [-0.4, -0.2) is 61.9 Å². The van der Waals surface area contributed by atoms with Crippen molar-refractivity contribution in [1.29, 1.82) is 0 Å². The number of ether oxygens (including phenoxy) is 3. The summed E-state index contributed by atoms with van der Waals surface area (Å²) in [4.78, 5) is 0. The van der Waals surface area contributed by atoms with Crippen LogP contribution < -0.4 is 0 Å². The minimum absolute atomic E-state index is 0.670. The van der Waals surface area contributed by atoms with Crippen LogP contribution in [0.1, 0.15) is 78.1 Å². The summed E-state index contributed by atoms with van der Waals surface area (Å²) in [6.45, 7) is 11.7. The summed E-state index contributed by atoms with van der Waals surface area (Å²) in [5, 5.41) is 0. The number of hydrogen-bond acceptors (Lipinski definition) is 5. The van der Waals surface area contributed by atoms with Gasteiger partial charge in [0.25, 0.3) is 0 Å². The molecule has 0 aliphatic rings. The number of methoxy groups -OCH3 is 1. The van der Waals surface area contributed by atoms with Crippen molar-refractivity contribution in [1.82, 2.24) is 0 Å². The number of rotatable bonds is 23. The normalized spacial score (nSPS) is 12.0. The van der Waals surface area contributed by atoms with Crippen molar-refractivity contribution in [2.24, 2.45) is 0 Å². The standard InChI is InChI=1S/C22H48O5Si/c1-5-26-28(4,27-6-2)22-15-13-11-9-7-8-10-12-14-17-24-18-16-19-25-21-20-23-3/h5-22H2,1-4H3. The van der Waals surface area contributed by atoms with Gasteiger partial charge < -0.3 is 23.1 Å². The molecule has 0 aliphatic heterocycles. The van der Waals surface area contributed by atoms with Crippen molar-refractivity contribution in [3.05, 3.63) is 0 Å². The molecular weight excluding hydrogens is 372 g/mol. The fourth-order valence-corrected chi connectivity index (χ4v) is 5.78. The zero-order valence-electron chi connectivity index (χ0n) is 19.3. The van der Waals surface area contributed by atoms with Gasteiger partial charge >= 0.3 is 8.56 Å². The van der Waals surface area contributed by atoms with E-state index in [9.17, 15) is 0 Å². The summed E-state index contributed by atoms with van der Waals surface area (Å²) in [6.07, 6.45) is 12.8. The molecule has 0 rings (SSSR count). The average molecular weight is 421 g/mol. The molecule has 0 bridgehead atoms. The first-order valence-electron chi connectivity index (χ1n) is 11.6. The first kappa shape index (κ1) is 28.0. The van der Waals surface area contributed by atoms with Crippen LogP contribution in [0.15, 0.2) is 0 Å². The molecule has 0 fully saturated rings. The number of unbranched alkanes of at least 4 members (excludes halogenated alkanes) is 8. The van der Waals surface area contributed by atoms with Gasteiger partial charge in [0.2, 0.25) is 0 Å². The Morgan fingerprint density at radius 3 is 1.54 bits per heavy atom. The molecule has 6 heteroatoms. The van der Waals surface area contributed by atoms with E-state index in [2.05, 4.69) is 20.4 Å². The Bertz CT molecular complexity index is 299. The van der Waals surface area contributed by atoms with Gasteiger partial charge in [-0.1, -0.05) is 51.4 Å². The second-order valence-corrected chi connectivity index (χ2v) is 10.8. The third kappa shape index (κ3) is 19.3. The quantitative estimate of drug-likeness (QED) is 0.156. The van der Waals surface area contributed by atoms with Crippen LogP contribution in [0.2, 0.25) is 12.6 Å². The monoisotopic (exact) mass is 420 g/mol. The van der Waals surface area contributed by atoms with E-state index in [1.54, 1.807) is 7.11 Å². The lowest BCUT2D eigenvalue weighted by molar-refractivity contribution is 0.0508. The highest BCUT2D eigenvalue weighted by atomic mass is 28.4.